The third kappa shape index (κ3) is 3.54. The van der Waals surface area contributed by atoms with Crippen LogP contribution in [0.2, 0.25) is 0 Å². The van der Waals surface area contributed by atoms with E-state index in [0.717, 1.165) is 25.7 Å². The van der Waals surface area contributed by atoms with Crippen molar-refractivity contribution < 1.29 is 9.84 Å². The summed E-state index contributed by atoms with van der Waals surface area (Å²) in [5.41, 5.74) is 0.608. The number of hydrogen-bond donors (Lipinski definition) is 2. The first-order valence-corrected chi connectivity index (χ1v) is 9.62. The lowest BCUT2D eigenvalue weighted by Gasteiger charge is -2.10. The minimum absolute atomic E-state index is 0.0279. The molecule has 28 heavy (non-hydrogen) atoms. The van der Waals surface area contributed by atoms with Crippen molar-refractivity contribution in [2.24, 2.45) is 0 Å². The monoisotopic (exact) mass is 386 g/mol. The van der Waals surface area contributed by atoms with E-state index in [4.69, 9.17) is 4.74 Å². The molecule has 0 amide bonds. The molecule has 2 heterocycles. The summed E-state index contributed by atoms with van der Waals surface area (Å²) in [5.74, 6) is 0.923. The molecule has 0 saturated heterocycles. The Morgan fingerprint density at radius 2 is 1.79 bits per heavy atom. The van der Waals surface area contributed by atoms with E-state index in [1.165, 1.54) is 17.7 Å². The number of unbranched alkanes of at least 4 members (excludes halogenated alkanes) is 2. The molecule has 0 fully saturated rings. The number of benzene rings is 1. The van der Waals surface area contributed by atoms with Crippen molar-refractivity contribution >= 4 is 11.2 Å². The van der Waals surface area contributed by atoms with E-state index in [1.54, 1.807) is 12.1 Å². The zero-order valence-corrected chi connectivity index (χ0v) is 16.5. The van der Waals surface area contributed by atoms with Crippen LogP contribution in [0.4, 0.5) is 0 Å². The van der Waals surface area contributed by atoms with Crippen LogP contribution in [0.15, 0.2) is 27.8 Å². The number of phenols is 1. The van der Waals surface area contributed by atoms with Crippen molar-refractivity contribution in [1.82, 2.24) is 19.1 Å². The number of methoxy groups -OCH3 is 1. The van der Waals surface area contributed by atoms with Gasteiger partial charge in [0.1, 0.15) is 5.82 Å². The average Bonchev–Trinajstić information content (AvgIpc) is 3.06. The highest BCUT2D eigenvalue weighted by molar-refractivity contribution is 5.77. The van der Waals surface area contributed by atoms with Gasteiger partial charge in [0.25, 0.3) is 5.56 Å². The third-order valence-electron chi connectivity index (χ3n) is 4.79. The Bertz CT molecular complexity index is 1090. The Morgan fingerprint density at radius 3 is 2.43 bits per heavy atom. The lowest BCUT2D eigenvalue weighted by molar-refractivity contribution is 0.373. The van der Waals surface area contributed by atoms with Crippen LogP contribution < -0.4 is 16.0 Å². The number of imidazole rings is 1. The summed E-state index contributed by atoms with van der Waals surface area (Å²) in [6, 6.07) is 4.94. The van der Waals surface area contributed by atoms with Crippen molar-refractivity contribution in [3.8, 4) is 22.9 Å². The highest BCUT2D eigenvalue weighted by atomic mass is 16.5. The largest absolute Gasteiger partial charge is 0.504 e. The molecule has 0 unspecified atom stereocenters. The number of aromatic nitrogens is 4. The van der Waals surface area contributed by atoms with Crippen LogP contribution in [0.1, 0.15) is 39.5 Å². The van der Waals surface area contributed by atoms with Gasteiger partial charge in [0.2, 0.25) is 0 Å². The smallest absolute Gasteiger partial charge is 0.330 e. The zero-order chi connectivity index (χ0) is 20.3. The molecule has 0 aliphatic rings. The maximum Gasteiger partial charge on any atom is 0.330 e. The summed E-state index contributed by atoms with van der Waals surface area (Å²) in [5, 5.41) is 9.90. The summed E-state index contributed by atoms with van der Waals surface area (Å²) in [6.45, 7) is 5.21. The Labute approximate surface area is 162 Å². The predicted molar refractivity (Wildman–Crippen MR) is 108 cm³/mol. The van der Waals surface area contributed by atoms with Crippen LogP contribution in [0.25, 0.3) is 22.6 Å². The topological polar surface area (TPSA) is 102 Å². The maximum atomic E-state index is 12.6. The summed E-state index contributed by atoms with van der Waals surface area (Å²) in [4.78, 5) is 32.1. The van der Waals surface area contributed by atoms with E-state index < -0.39 is 11.2 Å². The minimum Gasteiger partial charge on any atom is -0.504 e. The van der Waals surface area contributed by atoms with Crippen molar-refractivity contribution in [2.45, 2.75) is 52.6 Å². The second-order valence-corrected chi connectivity index (χ2v) is 6.76. The molecule has 0 spiro atoms. The Hall–Kier alpha value is -3.03. The van der Waals surface area contributed by atoms with Crippen LogP contribution in [0.5, 0.6) is 11.5 Å². The Morgan fingerprint density at radius 1 is 1.11 bits per heavy atom. The SMILES string of the molecule is CCCCn1c(-c2ccc(O)c(OC)c2)nc2c1c(=O)[nH]c(=O)n2CCCC. The number of H-pyrrole nitrogens is 1. The summed E-state index contributed by atoms with van der Waals surface area (Å²) in [7, 11) is 1.48. The molecule has 8 nitrogen and oxygen atoms in total. The van der Waals surface area contributed by atoms with E-state index in [-0.39, 0.29) is 5.75 Å². The van der Waals surface area contributed by atoms with Gasteiger partial charge in [-0.1, -0.05) is 26.7 Å². The van der Waals surface area contributed by atoms with Gasteiger partial charge >= 0.3 is 5.69 Å². The van der Waals surface area contributed by atoms with Crippen LogP contribution in [0.3, 0.4) is 0 Å². The van der Waals surface area contributed by atoms with Gasteiger partial charge in [-0.3, -0.25) is 14.3 Å². The van der Waals surface area contributed by atoms with Gasteiger partial charge in [0, 0.05) is 18.7 Å². The molecule has 8 heteroatoms. The van der Waals surface area contributed by atoms with Crippen molar-refractivity contribution in [3.05, 3.63) is 39.0 Å². The van der Waals surface area contributed by atoms with Crippen LogP contribution in [0, 0.1) is 0 Å². The molecule has 0 bridgehead atoms. The third-order valence-corrected chi connectivity index (χ3v) is 4.79. The number of hydrogen-bond acceptors (Lipinski definition) is 5. The second-order valence-electron chi connectivity index (χ2n) is 6.76. The lowest BCUT2D eigenvalue weighted by Crippen LogP contribution is -2.31. The number of aromatic amines is 1. The van der Waals surface area contributed by atoms with Gasteiger partial charge < -0.3 is 14.4 Å². The number of nitrogens with zero attached hydrogens (tertiary/aromatic N) is 3. The highest BCUT2D eigenvalue weighted by Gasteiger charge is 2.20. The molecule has 2 aromatic heterocycles. The Kier molecular flexibility index (Phi) is 5.87. The molecule has 3 rings (SSSR count). The normalized spacial score (nSPS) is 11.2. The highest BCUT2D eigenvalue weighted by Crippen LogP contribution is 2.32. The molecule has 0 atom stereocenters. The van der Waals surface area contributed by atoms with E-state index >= 15 is 0 Å². The number of nitrogens with one attached hydrogen (secondary N) is 1. The van der Waals surface area contributed by atoms with E-state index in [0.29, 0.717) is 41.4 Å². The molecule has 0 aliphatic heterocycles. The van der Waals surface area contributed by atoms with Gasteiger partial charge in [-0.15, -0.1) is 0 Å². The second kappa shape index (κ2) is 8.33. The average molecular weight is 386 g/mol. The number of fused-ring (bicyclic) bond motifs is 1. The number of ether oxygens (including phenoxy) is 1. The standard InChI is InChI=1S/C20H26N4O4/c1-4-6-10-23-16-18(24(11-7-5-2)20(27)22-19(16)26)21-17(23)13-8-9-14(25)15(12-13)28-3/h8-9,12,25H,4-7,10-11H2,1-3H3,(H,22,26,27). The molecule has 3 aromatic rings. The molecule has 2 N–H and O–H groups in total. The number of aromatic hydroxyl groups is 1. The molecule has 1 aromatic carbocycles. The Balaban J connectivity index is 2.31. The number of aryl methyl sites for hydroxylation is 2. The summed E-state index contributed by atoms with van der Waals surface area (Å²) < 4.78 is 8.60. The van der Waals surface area contributed by atoms with Crippen LogP contribution in [-0.4, -0.2) is 31.3 Å². The molecule has 0 radical (unpaired) electrons. The minimum atomic E-state index is -0.444. The summed E-state index contributed by atoms with van der Waals surface area (Å²) in [6.07, 6.45) is 3.55. The van der Waals surface area contributed by atoms with Crippen LogP contribution >= 0.6 is 0 Å². The van der Waals surface area contributed by atoms with Crippen LogP contribution in [-0.2, 0) is 13.1 Å². The lowest BCUT2D eigenvalue weighted by atomic mass is 10.2. The number of rotatable bonds is 8. The van der Waals surface area contributed by atoms with E-state index in [9.17, 15) is 14.7 Å². The fourth-order valence-corrected chi connectivity index (χ4v) is 3.27. The predicted octanol–water partition coefficient (Wildman–Crippen LogP) is 2.87. The van der Waals surface area contributed by atoms with Gasteiger partial charge in [-0.25, -0.2) is 9.78 Å². The maximum absolute atomic E-state index is 12.6. The van der Waals surface area contributed by atoms with Gasteiger partial charge in [-0.05, 0) is 31.0 Å². The first-order valence-electron chi connectivity index (χ1n) is 9.62. The molecule has 150 valence electrons. The first kappa shape index (κ1) is 19.7. The van der Waals surface area contributed by atoms with Crippen molar-refractivity contribution in [2.75, 3.05) is 7.11 Å². The summed E-state index contributed by atoms with van der Waals surface area (Å²) >= 11 is 0. The molecular weight excluding hydrogens is 360 g/mol. The first-order chi connectivity index (χ1) is 13.5. The fourth-order valence-electron chi connectivity index (χ4n) is 3.27. The fraction of sp³-hybridized carbons (Fsp3) is 0.450. The van der Waals surface area contributed by atoms with E-state index in [1.807, 2.05) is 11.5 Å². The van der Waals surface area contributed by atoms with Gasteiger partial charge in [0.15, 0.2) is 22.7 Å². The van der Waals surface area contributed by atoms with Gasteiger partial charge in [-0.2, -0.15) is 0 Å². The molecule has 0 aliphatic carbocycles. The van der Waals surface area contributed by atoms with Gasteiger partial charge in [0.05, 0.1) is 7.11 Å². The van der Waals surface area contributed by atoms with Crippen molar-refractivity contribution in [1.29, 1.82) is 0 Å². The van der Waals surface area contributed by atoms with E-state index in [2.05, 4.69) is 16.9 Å². The quantitative estimate of drug-likeness (QED) is 0.620. The molecular formula is C20H26N4O4. The zero-order valence-electron chi connectivity index (χ0n) is 16.5. The number of phenolic OH excluding ortho intramolecular Hbond substituents is 1. The molecule has 0 saturated carbocycles. The van der Waals surface area contributed by atoms with Crippen molar-refractivity contribution in [3.63, 3.8) is 0 Å².